The molecule has 0 amide bonds. The molecule has 2 heterocycles. The fourth-order valence-corrected chi connectivity index (χ4v) is 3.30. The number of nitrogens with two attached hydrogens (primary N) is 1. The van der Waals surface area contributed by atoms with E-state index in [1.54, 1.807) is 0 Å². The van der Waals surface area contributed by atoms with Gasteiger partial charge in [-0.25, -0.2) is 0 Å². The normalized spacial score (nSPS) is 12.9. The van der Waals surface area contributed by atoms with Crippen molar-refractivity contribution in [1.82, 2.24) is 19.4 Å². The van der Waals surface area contributed by atoms with Crippen molar-refractivity contribution in [3.05, 3.63) is 26.4 Å². The van der Waals surface area contributed by atoms with Gasteiger partial charge in [-0.05, 0) is 40.8 Å². The minimum absolute atomic E-state index is 0.0763. The van der Waals surface area contributed by atoms with Crippen molar-refractivity contribution in [2.45, 2.75) is 39.2 Å². The van der Waals surface area contributed by atoms with Crippen LogP contribution in [0.25, 0.3) is 0 Å². The molecule has 2 N–H and O–H groups in total. The summed E-state index contributed by atoms with van der Waals surface area (Å²) < 4.78 is 6.95. The zero-order valence-corrected chi connectivity index (χ0v) is 13.8. The van der Waals surface area contributed by atoms with E-state index < -0.39 is 0 Å². The molecule has 0 aliphatic carbocycles. The van der Waals surface area contributed by atoms with Gasteiger partial charge in [0, 0.05) is 19.5 Å². The van der Waals surface area contributed by atoms with Gasteiger partial charge < -0.3 is 5.73 Å². The highest BCUT2D eigenvalue weighted by Gasteiger charge is 2.19. The number of rotatable bonds is 5. The molecule has 19 heavy (non-hydrogen) atoms. The summed E-state index contributed by atoms with van der Waals surface area (Å²) in [5.74, 6) is 0. The largest absolute Gasteiger partial charge is 0.323 e. The predicted octanol–water partition coefficient (Wildman–Crippen LogP) is 2.54. The average molecular weight is 344 g/mol. The zero-order valence-electron chi connectivity index (χ0n) is 11.4. The number of halogens is 1. The molecule has 104 valence electrons. The molecule has 1 unspecified atom stereocenters. The average Bonchev–Trinajstić information content (AvgIpc) is 2.91. The molecule has 0 aliphatic rings. The van der Waals surface area contributed by atoms with E-state index in [1.165, 1.54) is 11.5 Å². The first kappa shape index (κ1) is 14.6. The minimum Gasteiger partial charge on any atom is -0.323 e. The Labute approximate surface area is 125 Å². The van der Waals surface area contributed by atoms with Crippen molar-refractivity contribution in [2.75, 3.05) is 0 Å². The number of hydrogen-bond acceptors (Lipinski definition) is 5. The summed E-state index contributed by atoms with van der Waals surface area (Å²) in [5.41, 5.74) is 9.45. The molecule has 0 bridgehead atoms. The van der Waals surface area contributed by atoms with Crippen molar-refractivity contribution in [3.8, 4) is 0 Å². The third-order valence-electron chi connectivity index (χ3n) is 3.08. The van der Waals surface area contributed by atoms with Gasteiger partial charge in [0.25, 0.3) is 0 Å². The van der Waals surface area contributed by atoms with Crippen LogP contribution in [-0.4, -0.2) is 19.4 Å². The Balaban J connectivity index is 2.20. The number of hydrogen-bond donors (Lipinski definition) is 1. The van der Waals surface area contributed by atoms with Crippen LogP contribution in [0.5, 0.6) is 0 Å². The molecule has 0 saturated carbocycles. The van der Waals surface area contributed by atoms with Crippen LogP contribution in [0.2, 0.25) is 0 Å². The van der Waals surface area contributed by atoms with Gasteiger partial charge in [0.05, 0.1) is 26.4 Å². The van der Waals surface area contributed by atoms with E-state index in [9.17, 15) is 0 Å². The highest BCUT2D eigenvalue weighted by atomic mass is 79.9. The number of aromatic nitrogens is 4. The molecule has 0 saturated heterocycles. The molecule has 7 heteroatoms. The van der Waals surface area contributed by atoms with Gasteiger partial charge >= 0.3 is 0 Å². The van der Waals surface area contributed by atoms with Crippen LogP contribution in [0.15, 0.2) is 4.47 Å². The number of aryl methyl sites for hydroxylation is 3. The fourth-order valence-electron chi connectivity index (χ4n) is 2.11. The van der Waals surface area contributed by atoms with Gasteiger partial charge in [0.15, 0.2) is 0 Å². The van der Waals surface area contributed by atoms with E-state index in [4.69, 9.17) is 5.73 Å². The standard InChI is InChI=1S/C12H18BrN5S/c1-4-5-9-12(19-17-15-9)8(14)6-10-11(13)7(2)16-18(10)3/h8H,4-6,14H2,1-3H3. The maximum Gasteiger partial charge on any atom is 0.0803 e. The van der Waals surface area contributed by atoms with Crippen LogP contribution in [0.1, 0.15) is 41.3 Å². The van der Waals surface area contributed by atoms with Gasteiger partial charge in [-0.3, -0.25) is 4.68 Å². The van der Waals surface area contributed by atoms with Gasteiger partial charge in [-0.1, -0.05) is 17.8 Å². The lowest BCUT2D eigenvalue weighted by atomic mass is 10.1. The molecular weight excluding hydrogens is 326 g/mol. The van der Waals surface area contributed by atoms with Crippen LogP contribution in [0.4, 0.5) is 0 Å². The molecule has 0 spiro atoms. The molecular formula is C12H18BrN5S. The maximum atomic E-state index is 6.32. The van der Waals surface area contributed by atoms with Gasteiger partial charge in [0.2, 0.25) is 0 Å². The van der Waals surface area contributed by atoms with Gasteiger partial charge in [-0.2, -0.15) is 5.10 Å². The van der Waals surface area contributed by atoms with Crippen molar-refractivity contribution >= 4 is 27.5 Å². The second-order valence-corrected chi connectivity index (χ2v) is 6.19. The van der Waals surface area contributed by atoms with Gasteiger partial charge in [-0.15, -0.1) is 5.10 Å². The summed E-state index contributed by atoms with van der Waals surface area (Å²) in [7, 11) is 1.94. The maximum absolute atomic E-state index is 6.32. The molecule has 5 nitrogen and oxygen atoms in total. The van der Waals surface area contributed by atoms with E-state index in [0.29, 0.717) is 0 Å². The number of nitrogens with zero attached hydrogens (tertiary/aromatic N) is 4. The van der Waals surface area contributed by atoms with E-state index in [2.05, 4.69) is 37.5 Å². The lowest BCUT2D eigenvalue weighted by Gasteiger charge is -2.11. The van der Waals surface area contributed by atoms with Crippen molar-refractivity contribution in [3.63, 3.8) is 0 Å². The van der Waals surface area contributed by atoms with Crippen molar-refractivity contribution in [2.24, 2.45) is 12.8 Å². The minimum atomic E-state index is -0.0763. The Morgan fingerprint density at radius 3 is 2.79 bits per heavy atom. The summed E-state index contributed by atoms with van der Waals surface area (Å²) in [6.45, 7) is 4.12. The Morgan fingerprint density at radius 2 is 2.21 bits per heavy atom. The van der Waals surface area contributed by atoms with E-state index >= 15 is 0 Å². The monoisotopic (exact) mass is 343 g/mol. The Morgan fingerprint density at radius 1 is 1.47 bits per heavy atom. The third kappa shape index (κ3) is 3.04. The lowest BCUT2D eigenvalue weighted by molar-refractivity contribution is 0.638. The first-order valence-electron chi connectivity index (χ1n) is 6.29. The second kappa shape index (κ2) is 6.11. The third-order valence-corrected chi connectivity index (χ3v) is 5.01. The summed E-state index contributed by atoms with van der Waals surface area (Å²) in [4.78, 5) is 1.09. The van der Waals surface area contributed by atoms with E-state index in [-0.39, 0.29) is 6.04 Å². The smallest absolute Gasteiger partial charge is 0.0803 e. The molecule has 1 atom stereocenters. The summed E-state index contributed by atoms with van der Waals surface area (Å²) >= 11 is 4.98. The quantitative estimate of drug-likeness (QED) is 0.905. The Kier molecular flexibility index (Phi) is 4.70. The summed E-state index contributed by atoms with van der Waals surface area (Å²) in [6, 6.07) is -0.0763. The molecule has 0 fully saturated rings. The van der Waals surface area contributed by atoms with Crippen molar-refractivity contribution < 1.29 is 0 Å². The van der Waals surface area contributed by atoms with Crippen LogP contribution < -0.4 is 5.73 Å². The second-order valence-electron chi connectivity index (χ2n) is 4.61. The Bertz CT molecular complexity index is 562. The van der Waals surface area contributed by atoms with E-state index in [0.717, 1.165) is 45.7 Å². The lowest BCUT2D eigenvalue weighted by Crippen LogP contribution is -2.16. The zero-order chi connectivity index (χ0) is 14.0. The van der Waals surface area contributed by atoms with Crippen LogP contribution >= 0.6 is 27.5 Å². The topological polar surface area (TPSA) is 69.6 Å². The molecule has 2 aromatic heterocycles. The fraction of sp³-hybridized carbons (Fsp3) is 0.583. The highest BCUT2D eigenvalue weighted by molar-refractivity contribution is 9.10. The van der Waals surface area contributed by atoms with Crippen LogP contribution in [0, 0.1) is 6.92 Å². The highest BCUT2D eigenvalue weighted by Crippen LogP contribution is 2.27. The SMILES string of the molecule is CCCc1nnsc1C(N)Cc1c(Br)c(C)nn1C. The molecule has 2 rings (SSSR count). The van der Waals surface area contributed by atoms with Crippen LogP contribution in [-0.2, 0) is 19.9 Å². The molecule has 0 radical (unpaired) electrons. The molecule has 0 aromatic carbocycles. The summed E-state index contributed by atoms with van der Waals surface area (Å²) in [6.07, 6.45) is 2.73. The molecule has 0 aliphatic heterocycles. The van der Waals surface area contributed by atoms with E-state index in [1.807, 2.05) is 18.7 Å². The molecule has 2 aromatic rings. The predicted molar refractivity (Wildman–Crippen MR) is 80.2 cm³/mol. The van der Waals surface area contributed by atoms with Crippen molar-refractivity contribution in [1.29, 1.82) is 0 Å². The van der Waals surface area contributed by atoms with Gasteiger partial charge in [0.1, 0.15) is 0 Å². The Hall–Kier alpha value is -0.790. The first-order valence-corrected chi connectivity index (χ1v) is 7.85. The first-order chi connectivity index (χ1) is 9.04. The summed E-state index contributed by atoms with van der Waals surface area (Å²) in [5, 5.41) is 8.56. The van der Waals surface area contributed by atoms with Crippen LogP contribution in [0.3, 0.4) is 0 Å².